The van der Waals surface area contributed by atoms with Crippen molar-refractivity contribution < 1.29 is 32.6 Å². The standard InChI is InChI=1S/C24H27N3O2.C2HF3O2/c1-29-18-7-8-21-20(15-18)19-9-12-25-24(23(19)26-21)11-14-27(16-24)13-10-22(28)17-5-3-2-4-6-17;3-2(4,5)1(6)7/h2-8,15,25-26H,9-14,16H2,1H3;(H,6,7). The smallest absolute Gasteiger partial charge is 0.490 e. The Labute approximate surface area is 206 Å². The number of carboxylic acids is 1. The molecule has 3 aromatic rings. The molecule has 1 saturated heterocycles. The van der Waals surface area contributed by atoms with E-state index in [4.69, 9.17) is 14.6 Å². The van der Waals surface area contributed by atoms with Gasteiger partial charge in [0.2, 0.25) is 0 Å². The van der Waals surface area contributed by atoms with Gasteiger partial charge in [0, 0.05) is 54.8 Å². The van der Waals surface area contributed by atoms with Crippen LogP contribution in [-0.2, 0) is 16.8 Å². The summed E-state index contributed by atoms with van der Waals surface area (Å²) in [5.74, 6) is -1.63. The summed E-state index contributed by atoms with van der Waals surface area (Å²) in [5.41, 5.74) is 4.68. The van der Waals surface area contributed by atoms with Gasteiger partial charge in [-0.1, -0.05) is 30.3 Å². The molecule has 1 atom stereocenters. The van der Waals surface area contributed by atoms with Gasteiger partial charge in [0.25, 0.3) is 0 Å². The molecule has 0 saturated carbocycles. The summed E-state index contributed by atoms with van der Waals surface area (Å²) in [6.07, 6.45) is -2.43. The van der Waals surface area contributed by atoms with Gasteiger partial charge in [0.1, 0.15) is 5.75 Å². The number of nitrogens with one attached hydrogen (secondary N) is 2. The molecule has 1 fully saturated rings. The Morgan fingerprint density at radius 3 is 2.56 bits per heavy atom. The molecule has 1 spiro atoms. The molecule has 7 nitrogen and oxygen atoms in total. The number of likely N-dealkylation sites (tertiary alicyclic amines) is 1. The molecule has 3 N–H and O–H groups in total. The maximum absolute atomic E-state index is 12.5. The molecule has 2 aliphatic heterocycles. The zero-order chi connectivity index (χ0) is 25.9. The molecule has 2 aromatic carbocycles. The molecule has 0 radical (unpaired) electrons. The Hall–Kier alpha value is -3.37. The van der Waals surface area contributed by atoms with E-state index in [0.717, 1.165) is 50.3 Å². The van der Waals surface area contributed by atoms with E-state index < -0.39 is 12.1 Å². The highest BCUT2D eigenvalue weighted by Crippen LogP contribution is 2.40. The number of carbonyl (C=O) groups is 2. The van der Waals surface area contributed by atoms with Gasteiger partial charge in [-0.15, -0.1) is 0 Å². The van der Waals surface area contributed by atoms with E-state index in [-0.39, 0.29) is 11.3 Å². The molecule has 1 aromatic heterocycles. The van der Waals surface area contributed by atoms with E-state index in [9.17, 15) is 18.0 Å². The largest absolute Gasteiger partial charge is 0.497 e. The van der Waals surface area contributed by atoms with Gasteiger partial charge in [0.05, 0.1) is 12.6 Å². The van der Waals surface area contributed by atoms with Crippen molar-refractivity contribution in [2.24, 2.45) is 0 Å². The van der Waals surface area contributed by atoms with Crippen LogP contribution in [-0.4, -0.2) is 66.2 Å². The normalized spacial score (nSPS) is 19.6. The number of nitrogens with zero attached hydrogens (tertiary/aromatic N) is 1. The second-order valence-corrected chi connectivity index (χ2v) is 9.02. The SMILES string of the molecule is COc1ccc2[nH]c3c(c2c1)CCNC31CCN(CCC(=O)c2ccccc2)C1.O=C(O)C(F)(F)F. The van der Waals surface area contributed by atoms with Crippen LogP contribution in [0.25, 0.3) is 10.9 Å². The van der Waals surface area contributed by atoms with Gasteiger partial charge < -0.3 is 25.0 Å². The van der Waals surface area contributed by atoms with Crippen LogP contribution in [0.3, 0.4) is 0 Å². The summed E-state index contributed by atoms with van der Waals surface area (Å²) in [5, 5.41) is 12.2. The van der Waals surface area contributed by atoms with Crippen molar-refractivity contribution in [1.29, 1.82) is 0 Å². The number of aromatic amines is 1. The zero-order valence-electron chi connectivity index (χ0n) is 19.8. The Bertz CT molecular complexity index is 1240. The third-order valence-corrected chi connectivity index (χ3v) is 6.77. The number of hydrogen-bond donors (Lipinski definition) is 3. The first-order chi connectivity index (χ1) is 17.1. The van der Waals surface area contributed by atoms with E-state index in [0.29, 0.717) is 6.42 Å². The first kappa shape index (κ1) is 25.7. The molecule has 192 valence electrons. The lowest BCUT2D eigenvalue weighted by molar-refractivity contribution is -0.192. The van der Waals surface area contributed by atoms with Crippen molar-refractivity contribution >= 4 is 22.7 Å². The van der Waals surface area contributed by atoms with E-state index >= 15 is 0 Å². The summed E-state index contributed by atoms with van der Waals surface area (Å²) < 4.78 is 37.2. The Morgan fingerprint density at radius 2 is 1.89 bits per heavy atom. The zero-order valence-corrected chi connectivity index (χ0v) is 19.8. The average molecular weight is 504 g/mol. The van der Waals surface area contributed by atoms with Gasteiger partial charge in [0.15, 0.2) is 5.78 Å². The molecule has 5 rings (SSSR count). The van der Waals surface area contributed by atoms with Crippen LogP contribution in [0.4, 0.5) is 13.2 Å². The van der Waals surface area contributed by atoms with E-state index in [1.807, 2.05) is 36.4 Å². The summed E-state index contributed by atoms with van der Waals surface area (Å²) in [6, 6.07) is 15.9. The molecule has 0 bridgehead atoms. The number of H-pyrrole nitrogens is 1. The Morgan fingerprint density at radius 1 is 1.17 bits per heavy atom. The highest BCUT2D eigenvalue weighted by Gasteiger charge is 2.44. The number of ether oxygens (including phenoxy) is 1. The van der Waals surface area contributed by atoms with Crippen molar-refractivity contribution in [2.75, 3.05) is 33.3 Å². The maximum Gasteiger partial charge on any atom is 0.490 e. The van der Waals surface area contributed by atoms with Crippen molar-refractivity contribution in [1.82, 2.24) is 15.2 Å². The number of Topliss-reactive ketones (excluding diaryl/α,β-unsaturated/α-hetero) is 1. The topological polar surface area (TPSA) is 94.7 Å². The quantitative estimate of drug-likeness (QED) is 0.454. The van der Waals surface area contributed by atoms with Gasteiger partial charge >= 0.3 is 12.1 Å². The molecule has 2 aliphatic rings. The van der Waals surface area contributed by atoms with Crippen LogP contribution in [0.2, 0.25) is 0 Å². The number of hydrogen-bond acceptors (Lipinski definition) is 5. The molecule has 10 heteroatoms. The lowest BCUT2D eigenvalue weighted by atomic mass is 9.86. The number of benzene rings is 2. The minimum absolute atomic E-state index is 0.0460. The highest BCUT2D eigenvalue weighted by molar-refractivity contribution is 5.96. The summed E-state index contributed by atoms with van der Waals surface area (Å²) in [7, 11) is 1.72. The molecular weight excluding hydrogens is 475 g/mol. The fourth-order valence-electron chi connectivity index (χ4n) is 4.99. The number of carbonyl (C=O) groups excluding carboxylic acids is 1. The second-order valence-electron chi connectivity index (χ2n) is 9.02. The third kappa shape index (κ3) is 5.39. The molecule has 0 amide bonds. The van der Waals surface area contributed by atoms with Crippen LogP contribution in [0.15, 0.2) is 48.5 Å². The lowest BCUT2D eigenvalue weighted by Gasteiger charge is -2.35. The van der Waals surface area contributed by atoms with E-state index in [1.54, 1.807) is 7.11 Å². The summed E-state index contributed by atoms with van der Waals surface area (Å²) >= 11 is 0. The highest BCUT2D eigenvalue weighted by atomic mass is 19.4. The van der Waals surface area contributed by atoms with Crippen molar-refractivity contribution in [2.45, 2.75) is 31.0 Å². The van der Waals surface area contributed by atoms with Crippen molar-refractivity contribution in [3.63, 3.8) is 0 Å². The van der Waals surface area contributed by atoms with Crippen molar-refractivity contribution in [3.05, 3.63) is 65.4 Å². The molecule has 0 aliphatic carbocycles. The number of fused-ring (bicyclic) bond motifs is 4. The lowest BCUT2D eigenvalue weighted by Crippen LogP contribution is -2.49. The predicted octanol–water partition coefficient (Wildman–Crippen LogP) is 4.13. The number of carboxylic acid groups (broad SMARTS) is 1. The predicted molar refractivity (Wildman–Crippen MR) is 128 cm³/mol. The molecule has 1 unspecified atom stereocenters. The monoisotopic (exact) mass is 503 g/mol. The van der Waals surface area contributed by atoms with Gasteiger partial charge in [-0.25, -0.2) is 4.79 Å². The summed E-state index contributed by atoms with van der Waals surface area (Å²) in [4.78, 5) is 27.5. The van der Waals surface area contributed by atoms with Crippen molar-refractivity contribution in [3.8, 4) is 5.75 Å². The fourth-order valence-corrected chi connectivity index (χ4v) is 4.99. The van der Waals surface area contributed by atoms with Gasteiger partial charge in [-0.3, -0.25) is 4.79 Å². The molecular formula is C26H28F3N3O4. The number of aromatic nitrogens is 1. The van der Waals surface area contributed by atoms with Crippen LogP contribution >= 0.6 is 0 Å². The fraction of sp³-hybridized carbons (Fsp3) is 0.385. The first-order valence-corrected chi connectivity index (χ1v) is 11.7. The van der Waals surface area contributed by atoms with Crippen LogP contribution < -0.4 is 10.1 Å². The first-order valence-electron chi connectivity index (χ1n) is 11.7. The minimum atomic E-state index is -5.08. The number of aliphatic carboxylic acids is 1. The minimum Gasteiger partial charge on any atom is -0.497 e. The Kier molecular flexibility index (Phi) is 7.37. The molecule has 3 heterocycles. The van der Waals surface area contributed by atoms with Crippen LogP contribution in [0.1, 0.15) is 34.5 Å². The summed E-state index contributed by atoms with van der Waals surface area (Å²) in [6.45, 7) is 3.73. The second kappa shape index (κ2) is 10.3. The third-order valence-electron chi connectivity index (χ3n) is 6.77. The number of rotatable bonds is 5. The van der Waals surface area contributed by atoms with Gasteiger partial charge in [-0.05, 0) is 36.6 Å². The molecule has 36 heavy (non-hydrogen) atoms. The van der Waals surface area contributed by atoms with Gasteiger partial charge in [-0.2, -0.15) is 13.2 Å². The Balaban J connectivity index is 0.000000384. The average Bonchev–Trinajstić information content (AvgIpc) is 3.45. The number of halogens is 3. The van der Waals surface area contributed by atoms with E-state index in [1.165, 1.54) is 22.2 Å². The van der Waals surface area contributed by atoms with E-state index in [2.05, 4.69) is 27.3 Å². The number of ketones is 1. The van der Waals surface area contributed by atoms with Crippen LogP contribution in [0, 0.1) is 0 Å². The number of alkyl halides is 3. The van der Waals surface area contributed by atoms with Crippen LogP contribution in [0.5, 0.6) is 5.75 Å². The maximum atomic E-state index is 12.5. The number of methoxy groups -OCH3 is 1.